The van der Waals surface area contributed by atoms with E-state index in [2.05, 4.69) is 40.2 Å². The van der Waals surface area contributed by atoms with E-state index in [0.717, 1.165) is 37.4 Å². The van der Waals surface area contributed by atoms with E-state index in [1.807, 2.05) is 18.2 Å². The van der Waals surface area contributed by atoms with Gasteiger partial charge in [0.25, 0.3) is 0 Å². The third-order valence-corrected chi connectivity index (χ3v) is 4.22. The summed E-state index contributed by atoms with van der Waals surface area (Å²) >= 11 is 0. The number of benzene rings is 1. The number of H-pyrrole nitrogens is 1. The molecule has 0 aliphatic carbocycles. The summed E-state index contributed by atoms with van der Waals surface area (Å²) < 4.78 is 0. The maximum absolute atomic E-state index is 5.86. The summed E-state index contributed by atoms with van der Waals surface area (Å²) in [5, 5.41) is 7.56. The first-order chi connectivity index (χ1) is 9.68. The molecule has 0 bridgehead atoms. The van der Waals surface area contributed by atoms with Crippen LogP contribution in [0.1, 0.15) is 19.0 Å². The van der Waals surface area contributed by atoms with Gasteiger partial charge in [-0.05, 0) is 31.0 Å². The lowest BCUT2D eigenvalue weighted by Gasteiger charge is -2.22. The molecule has 3 rings (SSSR count). The minimum absolute atomic E-state index is 0.280. The van der Waals surface area contributed by atoms with Crippen LogP contribution in [0.2, 0.25) is 0 Å². The van der Waals surface area contributed by atoms with Gasteiger partial charge in [-0.2, -0.15) is 5.10 Å². The van der Waals surface area contributed by atoms with E-state index in [-0.39, 0.29) is 5.41 Å². The number of nitrogens with one attached hydrogen (secondary N) is 1. The molecule has 4 heteroatoms. The van der Waals surface area contributed by atoms with Crippen LogP contribution in [-0.2, 0) is 6.54 Å². The molecule has 3 N–H and O–H groups in total. The fourth-order valence-corrected chi connectivity index (χ4v) is 2.87. The summed E-state index contributed by atoms with van der Waals surface area (Å²) in [6.07, 6.45) is 1.18. The first kappa shape index (κ1) is 13.3. The number of nitrogens with zero attached hydrogens (tertiary/aromatic N) is 2. The second kappa shape index (κ2) is 5.38. The van der Waals surface area contributed by atoms with Crippen molar-refractivity contribution in [1.82, 2.24) is 15.1 Å². The number of rotatable bonds is 4. The molecule has 1 unspecified atom stereocenters. The summed E-state index contributed by atoms with van der Waals surface area (Å²) in [4.78, 5) is 2.45. The third kappa shape index (κ3) is 2.76. The van der Waals surface area contributed by atoms with E-state index in [4.69, 9.17) is 5.73 Å². The Morgan fingerprint density at radius 2 is 2.15 bits per heavy atom. The van der Waals surface area contributed by atoms with Gasteiger partial charge in [-0.15, -0.1) is 0 Å². The third-order valence-electron chi connectivity index (χ3n) is 4.22. The Bertz CT molecular complexity index is 563. The maximum Gasteiger partial charge on any atom is 0.0924 e. The summed E-state index contributed by atoms with van der Waals surface area (Å²) in [5.41, 5.74) is 9.48. The lowest BCUT2D eigenvalue weighted by Crippen LogP contribution is -2.31. The number of hydrogen-bond acceptors (Lipinski definition) is 3. The predicted molar refractivity (Wildman–Crippen MR) is 81.1 cm³/mol. The molecule has 106 valence electrons. The second-order valence-corrected chi connectivity index (χ2v) is 6.12. The topological polar surface area (TPSA) is 57.9 Å². The molecule has 1 aromatic carbocycles. The van der Waals surface area contributed by atoms with Crippen LogP contribution in [0.5, 0.6) is 0 Å². The quantitative estimate of drug-likeness (QED) is 0.896. The SMILES string of the molecule is CC1(CN)CCN(Cc2cc(-c3ccccc3)n[nH]2)C1. The molecule has 1 saturated heterocycles. The molecule has 4 nitrogen and oxygen atoms in total. The van der Waals surface area contributed by atoms with Crippen LogP contribution in [0.4, 0.5) is 0 Å². The van der Waals surface area contributed by atoms with Crippen LogP contribution in [0, 0.1) is 5.41 Å². The zero-order chi connectivity index (χ0) is 14.0. The lowest BCUT2D eigenvalue weighted by atomic mass is 9.90. The van der Waals surface area contributed by atoms with Crippen molar-refractivity contribution in [3.8, 4) is 11.3 Å². The average Bonchev–Trinajstić information content (AvgIpc) is 3.08. The molecule has 0 amide bonds. The molecule has 1 atom stereocenters. The van der Waals surface area contributed by atoms with Crippen LogP contribution in [0.3, 0.4) is 0 Å². The molecular weight excluding hydrogens is 248 g/mol. The van der Waals surface area contributed by atoms with Crippen molar-refractivity contribution in [3.05, 3.63) is 42.1 Å². The Morgan fingerprint density at radius 1 is 1.35 bits per heavy atom. The standard InChI is InChI=1S/C16H22N4/c1-16(11-17)7-8-20(12-16)10-14-9-15(19-18-14)13-5-3-2-4-6-13/h2-6,9H,7-8,10-12,17H2,1H3,(H,18,19). The van der Waals surface area contributed by atoms with Crippen molar-refractivity contribution in [1.29, 1.82) is 0 Å². The van der Waals surface area contributed by atoms with Crippen molar-refractivity contribution in [2.75, 3.05) is 19.6 Å². The Morgan fingerprint density at radius 3 is 2.85 bits per heavy atom. The molecule has 0 saturated carbocycles. The number of hydrogen-bond donors (Lipinski definition) is 2. The first-order valence-corrected chi connectivity index (χ1v) is 7.21. The molecule has 1 fully saturated rings. The number of likely N-dealkylation sites (tertiary alicyclic amines) is 1. The van der Waals surface area contributed by atoms with Gasteiger partial charge < -0.3 is 5.73 Å². The fourth-order valence-electron chi connectivity index (χ4n) is 2.87. The van der Waals surface area contributed by atoms with E-state index < -0.39 is 0 Å². The first-order valence-electron chi connectivity index (χ1n) is 7.21. The van der Waals surface area contributed by atoms with Gasteiger partial charge >= 0.3 is 0 Å². The van der Waals surface area contributed by atoms with E-state index in [1.165, 1.54) is 12.1 Å². The smallest absolute Gasteiger partial charge is 0.0924 e. The van der Waals surface area contributed by atoms with Gasteiger partial charge in [0.05, 0.1) is 5.69 Å². The highest BCUT2D eigenvalue weighted by Crippen LogP contribution is 2.29. The molecular formula is C16H22N4. The van der Waals surface area contributed by atoms with E-state index in [1.54, 1.807) is 0 Å². The summed E-state index contributed by atoms with van der Waals surface area (Å²) in [5.74, 6) is 0. The highest BCUT2D eigenvalue weighted by molar-refractivity contribution is 5.58. The van der Waals surface area contributed by atoms with Gasteiger partial charge in [0.1, 0.15) is 0 Å². The maximum atomic E-state index is 5.86. The molecule has 20 heavy (non-hydrogen) atoms. The number of nitrogens with two attached hydrogens (primary N) is 1. The summed E-state index contributed by atoms with van der Waals surface area (Å²) in [6, 6.07) is 12.4. The second-order valence-electron chi connectivity index (χ2n) is 6.12. The fraction of sp³-hybridized carbons (Fsp3) is 0.438. The summed E-state index contributed by atoms with van der Waals surface area (Å²) in [7, 11) is 0. The van der Waals surface area contributed by atoms with Crippen molar-refractivity contribution < 1.29 is 0 Å². The molecule has 2 aromatic rings. The number of aromatic nitrogens is 2. The van der Waals surface area contributed by atoms with E-state index >= 15 is 0 Å². The van der Waals surface area contributed by atoms with Gasteiger partial charge in [0.2, 0.25) is 0 Å². The molecule has 1 aromatic heterocycles. The minimum Gasteiger partial charge on any atom is -0.330 e. The van der Waals surface area contributed by atoms with Crippen LogP contribution >= 0.6 is 0 Å². The Hall–Kier alpha value is -1.65. The van der Waals surface area contributed by atoms with Crippen molar-refractivity contribution >= 4 is 0 Å². The average molecular weight is 270 g/mol. The predicted octanol–water partition coefficient (Wildman–Crippen LogP) is 2.25. The molecule has 0 radical (unpaired) electrons. The summed E-state index contributed by atoms with van der Waals surface area (Å²) in [6.45, 7) is 6.16. The molecule has 0 spiro atoms. The molecule has 1 aliphatic heterocycles. The van der Waals surface area contributed by atoms with E-state index in [9.17, 15) is 0 Å². The van der Waals surface area contributed by atoms with Gasteiger partial charge in [0.15, 0.2) is 0 Å². The Balaban J connectivity index is 1.67. The van der Waals surface area contributed by atoms with Crippen molar-refractivity contribution in [2.24, 2.45) is 11.1 Å². The van der Waals surface area contributed by atoms with Crippen LogP contribution in [-0.4, -0.2) is 34.7 Å². The Kier molecular flexibility index (Phi) is 3.59. The zero-order valence-electron chi connectivity index (χ0n) is 12.0. The number of aromatic amines is 1. The highest BCUT2D eigenvalue weighted by atomic mass is 15.2. The van der Waals surface area contributed by atoms with Crippen LogP contribution in [0.15, 0.2) is 36.4 Å². The normalized spacial score (nSPS) is 23.3. The monoisotopic (exact) mass is 270 g/mol. The molecule has 2 heterocycles. The molecule has 1 aliphatic rings. The van der Waals surface area contributed by atoms with Gasteiger partial charge in [0, 0.05) is 24.3 Å². The van der Waals surface area contributed by atoms with Crippen LogP contribution in [0.25, 0.3) is 11.3 Å². The highest BCUT2D eigenvalue weighted by Gasteiger charge is 2.32. The van der Waals surface area contributed by atoms with E-state index in [0.29, 0.717) is 0 Å². The van der Waals surface area contributed by atoms with Crippen molar-refractivity contribution in [2.45, 2.75) is 19.9 Å². The largest absolute Gasteiger partial charge is 0.330 e. The van der Waals surface area contributed by atoms with Gasteiger partial charge in [-0.25, -0.2) is 0 Å². The van der Waals surface area contributed by atoms with Gasteiger partial charge in [-0.3, -0.25) is 10.00 Å². The van der Waals surface area contributed by atoms with Crippen molar-refractivity contribution in [3.63, 3.8) is 0 Å². The Labute approximate surface area is 120 Å². The lowest BCUT2D eigenvalue weighted by molar-refractivity contribution is 0.272. The van der Waals surface area contributed by atoms with Crippen LogP contribution < -0.4 is 5.73 Å². The minimum atomic E-state index is 0.280. The zero-order valence-corrected chi connectivity index (χ0v) is 12.0. The van der Waals surface area contributed by atoms with Gasteiger partial charge in [-0.1, -0.05) is 37.3 Å².